The molecule has 4 rings (SSSR count). The van der Waals surface area contributed by atoms with Crippen LogP contribution in [0.25, 0.3) is 0 Å². The van der Waals surface area contributed by atoms with Crippen molar-refractivity contribution in [3.05, 3.63) is 45.0 Å². The Kier molecular flexibility index (Phi) is 4.94. The van der Waals surface area contributed by atoms with Crippen LogP contribution in [0.3, 0.4) is 0 Å². The Morgan fingerprint density at radius 3 is 2.77 bits per heavy atom. The van der Waals surface area contributed by atoms with Gasteiger partial charge in [-0.05, 0) is 65.0 Å². The molecule has 0 radical (unpaired) electrons. The summed E-state index contributed by atoms with van der Waals surface area (Å²) in [6, 6.07) is 0. The molecule has 0 N–H and O–H groups in total. The van der Waals surface area contributed by atoms with E-state index < -0.39 is 0 Å². The van der Waals surface area contributed by atoms with Gasteiger partial charge in [0.05, 0.1) is 6.33 Å². The Morgan fingerprint density at radius 1 is 1.19 bits per heavy atom. The number of piperidine rings is 1. The summed E-state index contributed by atoms with van der Waals surface area (Å²) >= 11 is 0. The molecule has 1 saturated heterocycles. The fraction of sp³-hybridized carbons (Fsp3) is 0.650. The molecule has 0 atom stereocenters. The topological polar surface area (TPSA) is 64.2 Å². The number of rotatable bonds is 4. The second kappa shape index (κ2) is 7.35. The zero-order valence-corrected chi connectivity index (χ0v) is 15.8. The van der Waals surface area contributed by atoms with Crippen molar-refractivity contribution in [1.29, 1.82) is 0 Å². The van der Waals surface area contributed by atoms with Gasteiger partial charge in [0.1, 0.15) is 11.5 Å². The maximum atomic E-state index is 12.4. The van der Waals surface area contributed by atoms with Crippen molar-refractivity contribution in [2.24, 2.45) is 5.92 Å². The minimum absolute atomic E-state index is 0.106. The highest BCUT2D eigenvalue weighted by Gasteiger charge is 2.24. The van der Waals surface area contributed by atoms with Crippen LogP contribution in [0.4, 0.5) is 0 Å². The lowest BCUT2D eigenvalue weighted by Crippen LogP contribution is -2.36. The lowest BCUT2D eigenvalue weighted by molar-refractivity contribution is 0.162. The Bertz CT molecular complexity index is 831. The van der Waals surface area contributed by atoms with Crippen LogP contribution in [0.2, 0.25) is 0 Å². The number of hydrogen-bond acceptors (Lipinski definition) is 5. The summed E-state index contributed by atoms with van der Waals surface area (Å²) in [6.07, 6.45) is 8.57. The van der Waals surface area contributed by atoms with E-state index >= 15 is 0 Å². The van der Waals surface area contributed by atoms with Crippen LogP contribution in [-0.2, 0) is 25.9 Å². The molecule has 1 aliphatic carbocycles. The summed E-state index contributed by atoms with van der Waals surface area (Å²) in [6.45, 7) is 7.54. The van der Waals surface area contributed by atoms with Gasteiger partial charge in [0, 0.05) is 36.3 Å². The van der Waals surface area contributed by atoms with Crippen molar-refractivity contribution in [2.75, 3.05) is 13.1 Å². The SMILES string of the molecule is Cc1ncn(CC2CCN(Cc3noc4c3CCCC4)CC2)c(=O)c1C. The van der Waals surface area contributed by atoms with Crippen LogP contribution in [0, 0.1) is 19.8 Å². The van der Waals surface area contributed by atoms with Gasteiger partial charge in [-0.3, -0.25) is 14.3 Å². The molecule has 0 unspecified atom stereocenters. The molecule has 0 bridgehead atoms. The first-order valence-corrected chi connectivity index (χ1v) is 9.83. The Balaban J connectivity index is 1.34. The van der Waals surface area contributed by atoms with Gasteiger partial charge in [0.15, 0.2) is 0 Å². The van der Waals surface area contributed by atoms with Crippen molar-refractivity contribution in [3.63, 3.8) is 0 Å². The fourth-order valence-corrected chi connectivity index (χ4v) is 4.20. The van der Waals surface area contributed by atoms with Gasteiger partial charge in [-0.1, -0.05) is 5.16 Å². The lowest BCUT2D eigenvalue weighted by atomic mass is 9.94. The fourth-order valence-electron chi connectivity index (χ4n) is 4.20. The number of aromatic nitrogens is 3. The molecule has 0 spiro atoms. The van der Waals surface area contributed by atoms with Crippen molar-refractivity contribution in [1.82, 2.24) is 19.6 Å². The molecule has 6 heteroatoms. The van der Waals surface area contributed by atoms with E-state index in [9.17, 15) is 4.79 Å². The summed E-state index contributed by atoms with van der Waals surface area (Å²) in [5, 5.41) is 4.34. The van der Waals surface area contributed by atoms with Crippen molar-refractivity contribution in [3.8, 4) is 0 Å². The van der Waals surface area contributed by atoms with Crippen LogP contribution in [0.1, 0.15) is 54.0 Å². The summed E-state index contributed by atoms with van der Waals surface area (Å²) < 4.78 is 7.33. The van der Waals surface area contributed by atoms with Gasteiger partial charge >= 0.3 is 0 Å². The van der Waals surface area contributed by atoms with Crippen LogP contribution < -0.4 is 5.56 Å². The molecule has 0 aromatic carbocycles. The first-order chi connectivity index (χ1) is 12.6. The Labute approximate surface area is 154 Å². The van der Waals surface area contributed by atoms with E-state index in [1.807, 2.05) is 13.8 Å². The van der Waals surface area contributed by atoms with E-state index in [1.54, 1.807) is 10.9 Å². The predicted octanol–water partition coefficient (Wildman–Crippen LogP) is 2.64. The molecule has 140 valence electrons. The summed E-state index contributed by atoms with van der Waals surface area (Å²) in [5.74, 6) is 1.65. The van der Waals surface area contributed by atoms with Gasteiger partial charge in [0.2, 0.25) is 0 Å². The molecule has 1 fully saturated rings. The average molecular weight is 356 g/mol. The number of fused-ring (bicyclic) bond motifs is 1. The van der Waals surface area contributed by atoms with Gasteiger partial charge in [0.25, 0.3) is 5.56 Å². The van der Waals surface area contributed by atoms with Gasteiger partial charge in [-0.2, -0.15) is 0 Å². The van der Waals surface area contributed by atoms with E-state index in [2.05, 4.69) is 15.0 Å². The molecular weight excluding hydrogens is 328 g/mol. The normalized spacial score (nSPS) is 18.8. The summed E-state index contributed by atoms with van der Waals surface area (Å²) in [7, 11) is 0. The molecule has 0 saturated carbocycles. The molecule has 0 amide bonds. The van der Waals surface area contributed by atoms with E-state index in [4.69, 9.17) is 4.52 Å². The number of nitrogens with zero attached hydrogens (tertiary/aromatic N) is 4. The minimum Gasteiger partial charge on any atom is -0.361 e. The number of likely N-dealkylation sites (tertiary alicyclic amines) is 1. The second-order valence-corrected chi connectivity index (χ2v) is 7.87. The molecular formula is C20H28N4O2. The van der Waals surface area contributed by atoms with E-state index in [0.717, 1.165) is 74.6 Å². The maximum Gasteiger partial charge on any atom is 0.256 e. The van der Waals surface area contributed by atoms with Gasteiger partial charge in [-0.15, -0.1) is 0 Å². The maximum absolute atomic E-state index is 12.4. The van der Waals surface area contributed by atoms with Crippen molar-refractivity contribution < 1.29 is 4.52 Å². The number of hydrogen-bond donors (Lipinski definition) is 0. The smallest absolute Gasteiger partial charge is 0.256 e. The quantitative estimate of drug-likeness (QED) is 0.843. The van der Waals surface area contributed by atoms with E-state index in [1.165, 1.54) is 18.4 Å². The van der Waals surface area contributed by atoms with Gasteiger partial charge < -0.3 is 4.52 Å². The Morgan fingerprint density at radius 2 is 1.96 bits per heavy atom. The van der Waals surface area contributed by atoms with E-state index in [-0.39, 0.29) is 5.56 Å². The minimum atomic E-state index is 0.106. The molecule has 2 aromatic rings. The highest BCUT2D eigenvalue weighted by Crippen LogP contribution is 2.26. The summed E-state index contributed by atoms with van der Waals surface area (Å²) in [4.78, 5) is 19.2. The zero-order valence-electron chi connectivity index (χ0n) is 15.8. The van der Waals surface area contributed by atoms with E-state index in [0.29, 0.717) is 5.92 Å². The zero-order chi connectivity index (χ0) is 18.1. The highest BCUT2D eigenvalue weighted by molar-refractivity contribution is 5.25. The molecule has 1 aliphatic heterocycles. The Hall–Kier alpha value is -1.95. The monoisotopic (exact) mass is 356 g/mol. The molecule has 26 heavy (non-hydrogen) atoms. The number of aryl methyl sites for hydroxylation is 2. The van der Waals surface area contributed by atoms with Crippen LogP contribution in [0.5, 0.6) is 0 Å². The largest absolute Gasteiger partial charge is 0.361 e. The standard InChI is InChI=1S/C20H28N4O2/c1-14-15(2)21-13-24(20(14)25)11-16-7-9-23(10-8-16)12-18-17-5-3-4-6-19(17)26-22-18/h13,16H,3-12H2,1-2H3. The van der Waals surface area contributed by atoms with Crippen molar-refractivity contribution >= 4 is 0 Å². The van der Waals surface area contributed by atoms with Crippen LogP contribution in [0.15, 0.2) is 15.6 Å². The molecule has 3 heterocycles. The highest BCUT2D eigenvalue weighted by atomic mass is 16.5. The molecule has 2 aliphatic rings. The molecule has 2 aromatic heterocycles. The summed E-state index contributed by atoms with van der Waals surface area (Å²) in [5.41, 5.74) is 4.21. The first kappa shape index (κ1) is 17.5. The first-order valence-electron chi connectivity index (χ1n) is 9.83. The predicted molar refractivity (Wildman–Crippen MR) is 99.1 cm³/mol. The second-order valence-electron chi connectivity index (χ2n) is 7.87. The lowest BCUT2D eigenvalue weighted by Gasteiger charge is -2.31. The molecule has 6 nitrogen and oxygen atoms in total. The average Bonchev–Trinajstić information content (AvgIpc) is 3.07. The third-order valence-corrected chi connectivity index (χ3v) is 6.08. The van der Waals surface area contributed by atoms with Crippen LogP contribution >= 0.6 is 0 Å². The van der Waals surface area contributed by atoms with Crippen LogP contribution in [-0.4, -0.2) is 32.7 Å². The van der Waals surface area contributed by atoms with Crippen molar-refractivity contribution in [2.45, 2.75) is 65.5 Å². The van der Waals surface area contributed by atoms with Gasteiger partial charge in [-0.25, -0.2) is 4.98 Å². The third kappa shape index (κ3) is 3.47. The third-order valence-electron chi connectivity index (χ3n) is 6.08.